The number of hydrogen-bond donors (Lipinski definition) is 3. The third-order valence-electron chi connectivity index (χ3n) is 5.09. The van der Waals surface area contributed by atoms with Crippen molar-refractivity contribution in [2.75, 3.05) is 22.1 Å². The van der Waals surface area contributed by atoms with Crippen LogP contribution in [0.15, 0.2) is 67.0 Å². The highest BCUT2D eigenvalue weighted by molar-refractivity contribution is 6.00. The highest BCUT2D eigenvalue weighted by Gasteiger charge is 2.23. The average molecular weight is 403 g/mol. The Hall–Kier alpha value is -3.87. The first kappa shape index (κ1) is 16.0. The molecular weight excluding hydrogens is 381 g/mol. The summed E-state index contributed by atoms with van der Waals surface area (Å²) in [5.41, 5.74) is 3.85. The molecule has 3 N–H and O–H groups in total. The molecule has 2 aromatic carbocycles. The van der Waals surface area contributed by atoms with Gasteiger partial charge in [0, 0.05) is 53.4 Å². The minimum absolute atomic E-state index is 0.377. The van der Waals surface area contributed by atoms with Crippen LogP contribution in [0.4, 0.5) is 26.2 Å². The maximum Gasteiger partial charge on any atom is 0.323 e. The van der Waals surface area contributed by atoms with Crippen LogP contribution in [-0.2, 0) is 12.9 Å². The van der Waals surface area contributed by atoms with Crippen molar-refractivity contribution in [2.24, 2.45) is 0 Å². The molecule has 4 aromatic rings. The van der Waals surface area contributed by atoms with Crippen LogP contribution in [0, 0.1) is 5.82 Å². The topological polar surface area (TPSA) is 73.0 Å². The molecule has 7 heteroatoms. The van der Waals surface area contributed by atoms with Crippen LogP contribution in [-0.4, -0.2) is 22.5 Å². The standard InChI is InChI=1S/C23H20FN5O/c24-16-4-6-17(7-5-16)27-23(30)28-20-2-1-3-21-19(20)10-13-29(21)14-15-8-11-25-22-18(15)9-12-26-22/h1-9,11-12H,10,13-14H2,(H,25,26)(H2,27,28,30)/i14D2. The van der Waals surface area contributed by atoms with Crippen LogP contribution in [0.2, 0.25) is 0 Å². The van der Waals surface area contributed by atoms with Crippen LogP contribution < -0.4 is 15.5 Å². The van der Waals surface area contributed by atoms with Crippen LogP contribution in [0.3, 0.4) is 0 Å². The normalized spacial score (nSPS) is 14.2. The highest BCUT2D eigenvalue weighted by atomic mass is 19.1. The zero-order valence-corrected chi connectivity index (χ0v) is 15.9. The number of H-pyrrole nitrogens is 1. The molecule has 3 heterocycles. The van der Waals surface area contributed by atoms with Crippen molar-refractivity contribution in [3.63, 3.8) is 0 Å². The van der Waals surface area contributed by atoms with E-state index < -0.39 is 12.5 Å². The van der Waals surface area contributed by atoms with Gasteiger partial charge in [0.15, 0.2) is 0 Å². The number of benzene rings is 2. The van der Waals surface area contributed by atoms with Crippen molar-refractivity contribution < 1.29 is 11.9 Å². The van der Waals surface area contributed by atoms with Gasteiger partial charge < -0.3 is 20.5 Å². The van der Waals surface area contributed by atoms with Crippen molar-refractivity contribution in [3.05, 3.63) is 83.9 Å². The molecule has 6 nitrogen and oxygen atoms in total. The number of halogens is 1. The molecule has 2 aromatic heterocycles. The number of amides is 2. The zero-order valence-electron chi connectivity index (χ0n) is 17.9. The van der Waals surface area contributed by atoms with Crippen molar-refractivity contribution in [1.82, 2.24) is 9.97 Å². The molecule has 1 aliphatic rings. The monoisotopic (exact) mass is 403 g/mol. The minimum Gasteiger partial charge on any atom is -0.367 e. The molecule has 1 aliphatic heterocycles. The number of nitrogens with zero attached hydrogens (tertiary/aromatic N) is 2. The Bertz CT molecular complexity index is 1310. The Morgan fingerprint density at radius 2 is 2.03 bits per heavy atom. The van der Waals surface area contributed by atoms with Crippen molar-refractivity contribution in [3.8, 4) is 0 Å². The molecule has 0 unspecified atom stereocenters. The molecule has 0 aliphatic carbocycles. The number of aromatic amines is 1. The third kappa shape index (κ3) is 3.45. The predicted octanol–water partition coefficient (Wildman–Crippen LogP) is 4.91. The molecule has 0 spiro atoms. The van der Waals surface area contributed by atoms with Gasteiger partial charge in [-0.1, -0.05) is 6.07 Å². The first-order valence-corrected chi connectivity index (χ1v) is 9.59. The summed E-state index contributed by atoms with van der Waals surface area (Å²) in [6, 6.07) is 14.0. The Kier molecular flexibility index (Phi) is 4.00. The average Bonchev–Trinajstić information content (AvgIpc) is 3.43. The number of urea groups is 1. The molecule has 30 heavy (non-hydrogen) atoms. The van der Waals surface area contributed by atoms with Gasteiger partial charge in [-0.25, -0.2) is 14.2 Å². The Morgan fingerprint density at radius 3 is 2.90 bits per heavy atom. The lowest BCUT2D eigenvalue weighted by Gasteiger charge is -2.20. The summed E-state index contributed by atoms with van der Waals surface area (Å²) < 4.78 is 30.9. The van der Waals surface area contributed by atoms with Gasteiger partial charge in [0.25, 0.3) is 0 Å². The van der Waals surface area contributed by atoms with Crippen LogP contribution in [0.25, 0.3) is 11.0 Å². The fourth-order valence-corrected chi connectivity index (χ4v) is 3.69. The fourth-order valence-electron chi connectivity index (χ4n) is 3.69. The van der Waals surface area contributed by atoms with E-state index in [-0.39, 0.29) is 5.82 Å². The first-order chi connectivity index (χ1) is 15.4. The smallest absolute Gasteiger partial charge is 0.323 e. The van der Waals surface area contributed by atoms with E-state index in [1.54, 1.807) is 35.5 Å². The van der Waals surface area contributed by atoms with E-state index in [1.807, 2.05) is 12.1 Å². The Balaban J connectivity index is 1.41. The van der Waals surface area contributed by atoms with E-state index in [0.29, 0.717) is 35.6 Å². The lowest BCUT2D eigenvalue weighted by Crippen LogP contribution is -2.20. The first-order valence-electron chi connectivity index (χ1n) is 10.6. The van der Waals surface area contributed by atoms with E-state index in [4.69, 9.17) is 2.74 Å². The van der Waals surface area contributed by atoms with Gasteiger partial charge in [0.05, 0.1) is 2.74 Å². The number of pyridine rings is 1. The van der Waals surface area contributed by atoms with Gasteiger partial charge in [-0.15, -0.1) is 0 Å². The number of carbonyl (C=O) groups excluding carboxylic acids is 1. The summed E-state index contributed by atoms with van der Waals surface area (Å²) in [5, 5.41) is 6.25. The highest BCUT2D eigenvalue weighted by Crippen LogP contribution is 2.35. The summed E-state index contributed by atoms with van der Waals surface area (Å²) >= 11 is 0. The second kappa shape index (κ2) is 7.51. The van der Waals surface area contributed by atoms with E-state index in [2.05, 4.69) is 20.6 Å². The van der Waals surface area contributed by atoms with Gasteiger partial charge in [-0.3, -0.25) is 0 Å². The summed E-state index contributed by atoms with van der Waals surface area (Å²) in [4.78, 5) is 21.5. The van der Waals surface area contributed by atoms with Crippen LogP contribution in [0.1, 0.15) is 13.9 Å². The maximum absolute atomic E-state index is 13.1. The van der Waals surface area contributed by atoms with E-state index >= 15 is 0 Å². The van der Waals surface area contributed by atoms with Gasteiger partial charge >= 0.3 is 6.03 Å². The molecular formula is C23H20FN5O. The zero-order chi connectivity index (χ0) is 22.3. The van der Waals surface area contributed by atoms with Gasteiger partial charge in [-0.05, 0) is 60.5 Å². The maximum atomic E-state index is 13.1. The molecule has 0 radical (unpaired) electrons. The lowest BCUT2D eigenvalue weighted by atomic mass is 10.1. The second-order valence-corrected chi connectivity index (χ2v) is 7.00. The number of carbonyl (C=O) groups is 1. The Labute approximate surface area is 175 Å². The molecule has 0 bridgehead atoms. The molecule has 0 saturated heterocycles. The van der Waals surface area contributed by atoms with Crippen molar-refractivity contribution >= 4 is 34.1 Å². The number of fused-ring (bicyclic) bond motifs is 2. The van der Waals surface area contributed by atoms with Crippen molar-refractivity contribution in [1.29, 1.82) is 0 Å². The van der Waals surface area contributed by atoms with Gasteiger partial charge in [0.1, 0.15) is 11.5 Å². The summed E-state index contributed by atoms with van der Waals surface area (Å²) in [6.07, 6.45) is 3.93. The minimum atomic E-state index is -1.77. The molecule has 5 rings (SSSR count). The van der Waals surface area contributed by atoms with Gasteiger partial charge in [-0.2, -0.15) is 0 Å². The molecule has 2 amide bonds. The van der Waals surface area contributed by atoms with Crippen molar-refractivity contribution in [2.45, 2.75) is 12.9 Å². The number of hydrogen-bond acceptors (Lipinski definition) is 3. The lowest BCUT2D eigenvalue weighted by molar-refractivity contribution is 0.262. The van der Waals surface area contributed by atoms with Crippen LogP contribution in [0.5, 0.6) is 0 Å². The summed E-state index contributed by atoms with van der Waals surface area (Å²) in [6.45, 7) is -1.31. The molecule has 0 fully saturated rings. The summed E-state index contributed by atoms with van der Waals surface area (Å²) in [5.74, 6) is -0.377. The predicted molar refractivity (Wildman–Crippen MR) is 116 cm³/mol. The van der Waals surface area contributed by atoms with Gasteiger partial charge in [0.2, 0.25) is 0 Å². The second-order valence-electron chi connectivity index (χ2n) is 7.00. The number of nitrogens with one attached hydrogen (secondary N) is 3. The number of rotatable bonds is 4. The van der Waals surface area contributed by atoms with Crippen LogP contribution >= 0.6 is 0 Å². The largest absolute Gasteiger partial charge is 0.367 e. The van der Waals surface area contributed by atoms with E-state index in [0.717, 1.165) is 16.6 Å². The van der Waals surface area contributed by atoms with E-state index in [9.17, 15) is 9.18 Å². The Morgan fingerprint density at radius 1 is 1.17 bits per heavy atom. The number of anilines is 3. The fraction of sp³-hybridized carbons (Fsp3) is 0.130. The molecule has 0 atom stereocenters. The number of aromatic nitrogens is 2. The van der Waals surface area contributed by atoms with E-state index in [1.165, 1.54) is 24.3 Å². The molecule has 0 saturated carbocycles. The molecule has 150 valence electrons. The third-order valence-corrected chi connectivity index (χ3v) is 5.09. The summed E-state index contributed by atoms with van der Waals surface area (Å²) in [7, 11) is 0. The quantitative estimate of drug-likeness (QED) is 0.453. The SMILES string of the molecule is [2H]C([2H])(c1ccnc2[nH]ccc12)N1CCc2c(NC(=O)Nc3ccc(F)cc3)cccc21.